The Morgan fingerprint density at radius 1 is 1.20 bits per heavy atom. The average molecular weight is 285 g/mol. The molecule has 3 rings (SSSR count). The van der Waals surface area contributed by atoms with E-state index >= 15 is 0 Å². The normalized spacial score (nSPS) is 10.7. The van der Waals surface area contributed by atoms with Crippen molar-refractivity contribution in [3.8, 4) is 0 Å². The van der Waals surface area contributed by atoms with Gasteiger partial charge >= 0.3 is 0 Å². The zero-order chi connectivity index (χ0) is 13.9. The Bertz CT molecular complexity index is 723. The molecule has 3 heterocycles. The van der Waals surface area contributed by atoms with Crippen LogP contribution in [0.15, 0.2) is 30.6 Å². The van der Waals surface area contributed by atoms with E-state index in [-0.39, 0.29) is 0 Å². The molecule has 0 fully saturated rings. The highest BCUT2D eigenvalue weighted by Gasteiger charge is 2.09. The van der Waals surface area contributed by atoms with Gasteiger partial charge in [-0.3, -0.25) is 4.98 Å². The molecule has 0 unspecified atom stereocenters. The molecule has 0 aliphatic carbocycles. The predicted octanol–water partition coefficient (Wildman–Crippen LogP) is 3.05. The Balaban J connectivity index is 1.93. The van der Waals surface area contributed by atoms with Crippen LogP contribution in [0.5, 0.6) is 0 Å². The van der Waals surface area contributed by atoms with Gasteiger partial charge in [0, 0.05) is 30.9 Å². The van der Waals surface area contributed by atoms with Gasteiger partial charge < -0.3 is 10.6 Å². The van der Waals surface area contributed by atoms with Crippen LogP contribution < -0.4 is 10.6 Å². The molecule has 0 aliphatic heterocycles. The maximum atomic E-state index is 4.51. The number of rotatable bonds is 4. The smallest absolute Gasteiger partial charge is 0.225 e. The van der Waals surface area contributed by atoms with Crippen molar-refractivity contribution < 1.29 is 0 Å². The molecule has 0 radical (unpaired) electrons. The van der Waals surface area contributed by atoms with Crippen molar-refractivity contribution in [2.24, 2.45) is 0 Å². The largest absolute Gasteiger partial charge is 0.365 e. The molecule has 0 spiro atoms. The second kappa shape index (κ2) is 5.42. The van der Waals surface area contributed by atoms with E-state index in [1.54, 1.807) is 23.7 Å². The van der Waals surface area contributed by atoms with Gasteiger partial charge in [-0.15, -0.1) is 11.3 Å². The van der Waals surface area contributed by atoms with Crippen molar-refractivity contribution in [3.05, 3.63) is 41.0 Å². The molecular formula is C14H15N5S. The number of hydrogen-bond donors (Lipinski definition) is 2. The third kappa shape index (κ3) is 2.55. The van der Waals surface area contributed by atoms with E-state index in [0.29, 0.717) is 12.5 Å². The molecular weight excluding hydrogens is 270 g/mol. The number of pyridine rings is 1. The first kappa shape index (κ1) is 12.8. The molecule has 0 saturated carbocycles. The molecule has 0 saturated heterocycles. The highest BCUT2D eigenvalue weighted by molar-refractivity contribution is 7.18. The molecule has 3 aromatic rings. The summed E-state index contributed by atoms with van der Waals surface area (Å²) in [6, 6.07) is 6.10. The van der Waals surface area contributed by atoms with Crippen LogP contribution in [0, 0.1) is 6.92 Å². The summed E-state index contributed by atoms with van der Waals surface area (Å²) in [4.78, 5) is 15.2. The maximum absolute atomic E-state index is 4.51. The summed E-state index contributed by atoms with van der Waals surface area (Å²) >= 11 is 1.68. The van der Waals surface area contributed by atoms with E-state index in [0.717, 1.165) is 16.0 Å². The number of hydrogen-bond acceptors (Lipinski definition) is 6. The molecule has 0 amide bonds. The van der Waals surface area contributed by atoms with Gasteiger partial charge in [-0.2, -0.15) is 4.98 Å². The van der Waals surface area contributed by atoms with Crippen molar-refractivity contribution in [3.63, 3.8) is 0 Å². The summed E-state index contributed by atoms with van der Waals surface area (Å²) in [7, 11) is 1.83. The van der Waals surface area contributed by atoms with Crippen LogP contribution in [0.3, 0.4) is 0 Å². The van der Waals surface area contributed by atoms with Crippen LogP contribution in [0.25, 0.3) is 10.2 Å². The second-order valence-corrected chi connectivity index (χ2v) is 5.67. The van der Waals surface area contributed by atoms with Gasteiger partial charge in [0.2, 0.25) is 5.95 Å². The van der Waals surface area contributed by atoms with Gasteiger partial charge in [0.15, 0.2) is 0 Å². The zero-order valence-corrected chi connectivity index (χ0v) is 12.2. The number of thiophene rings is 1. The molecule has 0 aromatic carbocycles. The van der Waals surface area contributed by atoms with E-state index in [9.17, 15) is 0 Å². The summed E-state index contributed by atoms with van der Waals surface area (Å²) in [5.74, 6) is 1.50. The lowest BCUT2D eigenvalue weighted by Crippen LogP contribution is -2.04. The van der Waals surface area contributed by atoms with Gasteiger partial charge in [-0.05, 0) is 30.7 Å². The fourth-order valence-electron chi connectivity index (χ4n) is 1.97. The van der Waals surface area contributed by atoms with E-state index in [1.807, 2.05) is 19.2 Å². The molecule has 0 bridgehead atoms. The van der Waals surface area contributed by atoms with Gasteiger partial charge in [-0.1, -0.05) is 0 Å². The number of aromatic nitrogens is 3. The molecule has 5 nitrogen and oxygen atoms in total. The first-order valence-corrected chi connectivity index (χ1v) is 7.16. The first-order chi connectivity index (χ1) is 9.76. The summed E-state index contributed by atoms with van der Waals surface area (Å²) in [6.07, 6.45) is 3.58. The van der Waals surface area contributed by atoms with Crippen LogP contribution in [0.1, 0.15) is 10.4 Å². The van der Waals surface area contributed by atoms with E-state index in [4.69, 9.17) is 0 Å². The Morgan fingerprint density at radius 3 is 2.75 bits per heavy atom. The van der Waals surface area contributed by atoms with Gasteiger partial charge in [0.05, 0.1) is 5.39 Å². The maximum Gasteiger partial charge on any atom is 0.225 e. The molecule has 6 heteroatoms. The topological polar surface area (TPSA) is 62.7 Å². The average Bonchev–Trinajstić information content (AvgIpc) is 2.86. The lowest BCUT2D eigenvalue weighted by Gasteiger charge is -2.08. The van der Waals surface area contributed by atoms with Crippen LogP contribution in [0.4, 0.5) is 11.8 Å². The molecule has 3 aromatic heterocycles. The summed E-state index contributed by atoms with van der Waals surface area (Å²) in [5.41, 5.74) is 1.17. The van der Waals surface area contributed by atoms with Gasteiger partial charge in [-0.25, -0.2) is 4.98 Å². The molecule has 20 heavy (non-hydrogen) atoms. The minimum Gasteiger partial charge on any atom is -0.365 e. The third-order valence-electron chi connectivity index (χ3n) is 2.95. The van der Waals surface area contributed by atoms with Crippen molar-refractivity contribution in [1.82, 2.24) is 15.0 Å². The summed E-state index contributed by atoms with van der Waals surface area (Å²) < 4.78 is 0. The summed E-state index contributed by atoms with van der Waals surface area (Å²) in [6.45, 7) is 2.80. The Morgan fingerprint density at radius 2 is 2.00 bits per heavy atom. The lowest BCUT2D eigenvalue weighted by atomic mass is 10.2. The standard InChI is InChI=1S/C14H15N5S/c1-9-7-11-12(17-8-10-3-5-16-6-4-10)18-14(15-2)19-13(11)20-9/h3-7H,8H2,1-2H3,(H2,15,17,18,19). The highest BCUT2D eigenvalue weighted by Crippen LogP contribution is 2.29. The zero-order valence-electron chi connectivity index (χ0n) is 11.3. The van der Waals surface area contributed by atoms with Crippen molar-refractivity contribution in [1.29, 1.82) is 0 Å². The fraction of sp³-hybridized carbons (Fsp3) is 0.214. The fourth-order valence-corrected chi connectivity index (χ4v) is 2.85. The minimum absolute atomic E-state index is 0.636. The molecule has 0 atom stereocenters. The van der Waals surface area contributed by atoms with E-state index < -0.39 is 0 Å². The van der Waals surface area contributed by atoms with Crippen molar-refractivity contribution in [2.45, 2.75) is 13.5 Å². The van der Waals surface area contributed by atoms with Crippen LogP contribution >= 0.6 is 11.3 Å². The Kier molecular flexibility index (Phi) is 3.47. The van der Waals surface area contributed by atoms with E-state index in [1.165, 1.54) is 10.4 Å². The van der Waals surface area contributed by atoms with Gasteiger partial charge in [0.1, 0.15) is 10.6 Å². The van der Waals surface area contributed by atoms with Crippen molar-refractivity contribution >= 4 is 33.3 Å². The third-order valence-corrected chi connectivity index (χ3v) is 3.89. The highest BCUT2D eigenvalue weighted by atomic mass is 32.1. The van der Waals surface area contributed by atoms with Crippen molar-refractivity contribution in [2.75, 3.05) is 17.7 Å². The SMILES string of the molecule is CNc1nc(NCc2ccncc2)c2cc(C)sc2n1. The minimum atomic E-state index is 0.636. The molecule has 0 aliphatic rings. The Hall–Kier alpha value is -2.21. The number of nitrogens with zero attached hydrogens (tertiary/aromatic N) is 3. The first-order valence-electron chi connectivity index (χ1n) is 6.35. The lowest BCUT2D eigenvalue weighted by molar-refractivity contribution is 1.09. The van der Waals surface area contributed by atoms with Crippen LogP contribution in [-0.4, -0.2) is 22.0 Å². The number of anilines is 2. The second-order valence-electron chi connectivity index (χ2n) is 4.43. The monoisotopic (exact) mass is 285 g/mol. The predicted molar refractivity (Wildman–Crippen MR) is 83.3 cm³/mol. The molecule has 2 N–H and O–H groups in total. The van der Waals surface area contributed by atoms with Crippen LogP contribution in [-0.2, 0) is 6.54 Å². The number of nitrogens with one attached hydrogen (secondary N) is 2. The number of fused-ring (bicyclic) bond motifs is 1. The van der Waals surface area contributed by atoms with E-state index in [2.05, 4.69) is 38.6 Å². The Labute approximate surface area is 121 Å². The summed E-state index contributed by atoms with van der Waals surface area (Å²) in [5, 5.41) is 7.45. The number of aryl methyl sites for hydroxylation is 1. The quantitative estimate of drug-likeness (QED) is 0.771. The molecule has 102 valence electrons. The van der Waals surface area contributed by atoms with Gasteiger partial charge in [0.25, 0.3) is 0 Å². The van der Waals surface area contributed by atoms with Crippen LogP contribution in [0.2, 0.25) is 0 Å².